The monoisotopic (exact) mass is 231 g/mol. The minimum atomic E-state index is 1.11. The number of piperazine rings is 1. The molecule has 2 aliphatic rings. The van der Waals surface area contributed by atoms with Crippen molar-refractivity contribution < 1.29 is 0 Å². The van der Waals surface area contributed by atoms with Crippen LogP contribution >= 0.6 is 0 Å². The van der Waals surface area contributed by atoms with E-state index in [0.29, 0.717) is 0 Å². The molecule has 0 radical (unpaired) electrons. The Balaban J connectivity index is 1.69. The Morgan fingerprint density at radius 1 is 1.12 bits per heavy atom. The first kappa shape index (κ1) is 11.2. The fraction of sp³-hybridized carbons (Fsp3) is 0.571. The third-order valence-electron chi connectivity index (χ3n) is 3.77. The first-order chi connectivity index (χ1) is 8.31. The maximum Gasteiger partial charge on any atom is 0.0237 e. The van der Waals surface area contributed by atoms with Crippen molar-refractivity contribution in [3.05, 3.63) is 34.9 Å². The summed E-state index contributed by atoms with van der Waals surface area (Å²) in [6.45, 7) is 7.96. The number of hydrogen-bond donors (Lipinski definition) is 1. The molecule has 92 valence electrons. The first-order valence-corrected chi connectivity index (χ1v) is 6.53. The van der Waals surface area contributed by atoms with E-state index in [1.165, 1.54) is 29.8 Å². The zero-order chi connectivity index (χ0) is 11.7. The molecular weight excluding hydrogens is 210 g/mol. The Labute approximate surface area is 103 Å². The van der Waals surface area contributed by atoms with Crippen LogP contribution in [0.15, 0.2) is 18.2 Å². The second-order valence-electron chi connectivity index (χ2n) is 5.30. The van der Waals surface area contributed by atoms with Gasteiger partial charge in [-0.15, -0.1) is 0 Å². The van der Waals surface area contributed by atoms with Gasteiger partial charge in [0.2, 0.25) is 0 Å². The van der Waals surface area contributed by atoms with E-state index < -0.39 is 0 Å². The van der Waals surface area contributed by atoms with Crippen LogP contribution in [0.25, 0.3) is 0 Å². The maximum atomic E-state index is 3.40. The largest absolute Gasteiger partial charge is 0.314 e. The molecule has 0 unspecified atom stereocenters. The van der Waals surface area contributed by atoms with E-state index in [2.05, 4.69) is 40.4 Å². The van der Waals surface area contributed by atoms with Gasteiger partial charge in [-0.05, 0) is 23.7 Å². The summed E-state index contributed by atoms with van der Waals surface area (Å²) >= 11 is 0. The van der Waals surface area contributed by atoms with Gasteiger partial charge in [0.1, 0.15) is 0 Å². The minimum Gasteiger partial charge on any atom is -0.314 e. The Hall–Kier alpha value is -0.900. The molecular formula is C14H21N3. The normalized spacial score (nSPS) is 21.7. The third-order valence-corrected chi connectivity index (χ3v) is 3.77. The average molecular weight is 231 g/mol. The molecule has 3 rings (SSSR count). The Bertz CT molecular complexity index is 396. The summed E-state index contributed by atoms with van der Waals surface area (Å²) in [6.07, 6.45) is 0. The number of nitrogens with zero attached hydrogens (tertiary/aromatic N) is 2. The molecule has 2 aliphatic heterocycles. The zero-order valence-corrected chi connectivity index (χ0v) is 10.6. The average Bonchev–Trinajstić information content (AvgIpc) is 2.70. The van der Waals surface area contributed by atoms with Crippen molar-refractivity contribution in [3.63, 3.8) is 0 Å². The number of fused-ring (bicyclic) bond motifs is 1. The summed E-state index contributed by atoms with van der Waals surface area (Å²) in [5.41, 5.74) is 4.51. The molecule has 0 bridgehead atoms. The number of benzene rings is 1. The summed E-state index contributed by atoms with van der Waals surface area (Å²) < 4.78 is 0. The Morgan fingerprint density at radius 3 is 2.71 bits per heavy atom. The molecule has 0 spiro atoms. The standard InChI is InChI=1S/C14H21N3/c1-16-10-13-3-2-12(8-14(13)11-16)9-17-6-4-15-5-7-17/h2-3,8,15H,4-7,9-11H2,1H3. The zero-order valence-electron chi connectivity index (χ0n) is 10.6. The lowest BCUT2D eigenvalue weighted by molar-refractivity contribution is 0.233. The number of nitrogens with one attached hydrogen (secondary N) is 1. The Morgan fingerprint density at radius 2 is 1.88 bits per heavy atom. The van der Waals surface area contributed by atoms with Gasteiger partial charge in [-0.2, -0.15) is 0 Å². The predicted octanol–water partition coefficient (Wildman–Crippen LogP) is 1.04. The topological polar surface area (TPSA) is 18.5 Å². The van der Waals surface area contributed by atoms with Gasteiger partial charge >= 0.3 is 0 Å². The summed E-state index contributed by atoms with van der Waals surface area (Å²) in [4.78, 5) is 4.91. The molecule has 0 atom stereocenters. The van der Waals surface area contributed by atoms with E-state index in [-0.39, 0.29) is 0 Å². The molecule has 0 aromatic heterocycles. The van der Waals surface area contributed by atoms with Gasteiger partial charge in [0.15, 0.2) is 0 Å². The molecule has 1 N–H and O–H groups in total. The SMILES string of the molecule is CN1Cc2ccc(CN3CCNCC3)cc2C1. The van der Waals surface area contributed by atoms with Crippen molar-refractivity contribution in [3.8, 4) is 0 Å². The minimum absolute atomic E-state index is 1.11. The van der Waals surface area contributed by atoms with E-state index in [1.54, 1.807) is 0 Å². The van der Waals surface area contributed by atoms with E-state index in [0.717, 1.165) is 32.7 Å². The highest BCUT2D eigenvalue weighted by atomic mass is 15.2. The van der Waals surface area contributed by atoms with Crippen molar-refractivity contribution in [1.82, 2.24) is 15.1 Å². The van der Waals surface area contributed by atoms with Crippen molar-refractivity contribution >= 4 is 0 Å². The second-order valence-corrected chi connectivity index (χ2v) is 5.30. The molecule has 1 fully saturated rings. The quantitative estimate of drug-likeness (QED) is 0.820. The second kappa shape index (κ2) is 4.77. The summed E-state index contributed by atoms with van der Waals surface area (Å²) in [5, 5.41) is 3.40. The highest BCUT2D eigenvalue weighted by Gasteiger charge is 2.16. The summed E-state index contributed by atoms with van der Waals surface area (Å²) in [5.74, 6) is 0. The summed E-state index contributed by atoms with van der Waals surface area (Å²) in [6, 6.07) is 7.03. The van der Waals surface area contributed by atoms with E-state index >= 15 is 0 Å². The van der Waals surface area contributed by atoms with Crippen LogP contribution < -0.4 is 5.32 Å². The van der Waals surface area contributed by atoms with Gasteiger partial charge in [0.25, 0.3) is 0 Å². The summed E-state index contributed by atoms with van der Waals surface area (Å²) in [7, 11) is 2.19. The first-order valence-electron chi connectivity index (χ1n) is 6.53. The molecule has 0 aliphatic carbocycles. The fourth-order valence-electron chi connectivity index (χ4n) is 2.84. The van der Waals surface area contributed by atoms with Crippen LogP contribution in [-0.4, -0.2) is 43.0 Å². The smallest absolute Gasteiger partial charge is 0.0237 e. The lowest BCUT2D eigenvalue weighted by atomic mass is 10.1. The van der Waals surface area contributed by atoms with Crippen molar-refractivity contribution in [2.75, 3.05) is 33.2 Å². The van der Waals surface area contributed by atoms with Gasteiger partial charge in [0.05, 0.1) is 0 Å². The lowest BCUT2D eigenvalue weighted by Gasteiger charge is -2.27. The Kier molecular flexibility index (Phi) is 3.14. The van der Waals surface area contributed by atoms with E-state index in [9.17, 15) is 0 Å². The number of hydrogen-bond acceptors (Lipinski definition) is 3. The van der Waals surface area contributed by atoms with E-state index in [4.69, 9.17) is 0 Å². The van der Waals surface area contributed by atoms with Crippen molar-refractivity contribution in [2.45, 2.75) is 19.6 Å². The van der Waals surface area contributed by atoms with Crippen LogP contribution in [0.3, 0.4) is 0 Å². The molecule has 17 heavy (non-hydrogen) atoms. The van der Waals surface area contributed by atoms with Crippen LogP contribution in [0.2, 0.25) is 0 Å². The third kappa shape index (κ3) is 2.51. The molecule has 0 saturated carbocycles. The van der Waals surface area contributed by atoms with Crippen molar-refractivity contribution in [1.29, 1.82) is 0 Å². The van der Waals surface area contributed by atoms with Gasteiger partial charge in [-0.1, -0.05) is 18.2 Å². The molecule has 0 amide bonds. The van der Waals surface area contributed by atoms with Gasteiger partial charge in [-0.3, -0.25) is 9.80 Å². The molecule has 1 aromatic carbocycles. The van der Waals surface area contributed by atoms with Crippen LogP contribution in [0, 0.1) is 0 Å². The fourth-order valence-corrected chi connectivity index (χ4v) is 2.84. The molecule has 2 heterocycles. The van der Waals surface area contributed by atoms with Crippen LogP contribution in [-0.2, 0) is 19.6 Å². The predicted molar refractivity (Wildman–Crippen MR) is 69.8 cm³/mol. The van der Waals surface area contributed by atoms with Gasteiger partial charge in [0, 0.05) is 45.8 Å². The number of rotatable bonds is 2. The van der Waals surface area contributed by atoms with Crippen molar-refractivity contribution in [2.24, 2.45) is 0 Å². The molecule has 3 heteroatoms. The highest BCUT2D eigenvalue weighted by Crippen LogP contribution is 2.22. The van der Waals surface area contributed by atoms with Crippen LogP contribution in [0.5, 0.6) is 0 Å². The molecule has 3 nitrogen and oxygen atoms in total. The van der Waals surface area contributed by atoms with E-state index in [1.807, 2.05) is 0 Å². The molecule has 1 saturated heterocycles. The molecule has 1 aromatic rings. The van der Waals surface area contributed by atoms with Crippen LogP contribution in [0.4, 0.5) is 0 Å². The highest BCUT2D eigenvalue weighted by molar-refractivity contribution is 5.34. The maximum absolute atomic E-state index is 3.40. The van der Waals surface area contributed by atoms with Gasteiger partial charge < -0.3 is 5.32 Å². The van der Waals surface area contributed by atoms with Gasteiger partial charge in [-0.25, -0.2) is 0 Å². The van der Waals surface area contributed by atoms with Crippen LogP contribution in [0.1, 0.15) is 16.7 Å². The lowest BCUT2D eigenvalue weighted by Crippen LogP contribution is -2.42.